The first-order valence-corrected chi connectivity index (χ1v) is 8.10. The number of benzene rings is 2. The lowest BCUT2D eigenvalue weighted by atomic mass is 10.2. The highest BCUT2D eigenvalue weighted by Gasteiger charge is 2.14. The van der Waals surface area contributed by atoms with Crippen LogP contribution in [0.15, 0.2) is 53.1 Å². The minimum absolute atomic E-state index is 0.185. The maximum atomic E-state index is 12.1. The molecule has 0 aliphatic heterocycles. The van der Waals surface area contributed by atoms with Gasteiger partial charge in [-0.1, -0.05) is 46.9 Å². The molecule has 0 bridgehead atoms. The summed E-state index contributed by atoms with van der Waals surface area (Å²) in [5, 5.41) is 4.24. The van der Waals surface area contributed by atoms with Crippen LogP contribution in [0.25, 0.3) is 11.5 Å². The molecule has 4 nitrogen and oxygen atoms in total. The second-order valence-corrected chi connectivity index (χ2v) is 6.23. The normalized spacial score (nSPS) is 10.6. The maximum Gasteiger partial charge on any atom is 0.273 e. The number of nitrogens with one attached hydrogen (secondary N) is 1. The van der Waals surface area contributed by atoms with E-state index >= 15 is 0 Å². The molecule has 0 radical (unpaired) electrons. The number of amides is 1. The zero-order valence-corrected chi connectivity index (χ0v) is 14.5. The standard InChI is InChI=1S/C17H11Cl3N2O2/c18-12-4-1-10(2-5-12)8-21-16(23)15-9-24-17(22-15)11-3-6-13(19)14(20)7-11/h1-7,9H,8H2,(H,21,23). The van der Waals surface area contributed by atoms with Gasteiger partial charge in [0.25, 0.3) is 5.91 Å². The van der Waals surface area contributed by atoms with Gasteiger partial charge in [0, 0.05) is 17.1 Å². The summed E-state index contributed by atoms with van der Waals surface area (Å²) in [6.45, 7) is 0.366. The van der Waals surface area contributed by atoms with Crippen LogP contribution in [0.2, 0.25) is 15.1 Å². The second-order valence-electron chi connectivity index (χ2n) is 4.98. The lowest BCUT2D eigenvalue weighted by Crippen LogP contribution is -2.23. The molecule has 0 spiro atoms. The summed E-state index contributed by atoms with van der Waals surface area (Å²) in [5.74, 6) is -0.0368. The molecular weight excluding hydrogens is 371 g/mol. The molecule has 3 rings (SSSR count). The van der Waals surface area contributed by atoms with E-state index in [-0.39, 0.29) is 11.6 Å². The molecule has 1 amide bonds. The van der Waals surface area contributed by atoms with Crippen molar-refractivity contribution in [2.75, 3.05) is 0 Å². The number of nitrogens with zero attached hydrogens (tertiary/aromatic N) is 1. The van der Waals surface area contributed by atoms with Gasteiger partial charge in [-0.15, -0.1) is 0 Å². The first-order chi connectivity index (χ1) is 11.5. The zero-order valence-electron chi connectivity index (χ0n) is 12.2. The van der Waals surface area contributed by atoms with E-state index in [0.717, 1.165) is 5.56 Å². The molecule has 1 heterocycles. The monoisotopic (exact) mass is 380 g/mol. The summed E-state index contributed by atoms with van der Waals surface area (Å²) in [5.41, 5.74) is 1.76. The Balaban J connectivity index is 1.69. The predicted octanol–water partition coefficient (Wildman–Crippen LogP) is 5.23. The smallest absolute Gasteiger partial charge is 0.273 e. The van der Waals surface area contributed by atoms with Crippen LogP contribution < -0.4 is 5.32 Å². The van der Waals surface area contributed by atoms with Gasteiger partial charge < -0.3 is 9.73 Å². The van der Waals surface area contributed by atoms with Crippen LogP contribution in [0, 0.1) is 0 Å². The minimum Gasteiger partial charge on any atom is -0.444 e. The van der Waals surface area contributed by atoms with E-state index in [2.05, 4.69) is 10.3 Å². The third-order valence-corrected chi connectivity index (χ3v) is 4.26. The summed E-state index contributed by atoms with van der Waals surface area (Å²) < 4.78 is 5.34. The van der Waals surface area contributed by atoms with E-state index in [0.29, 0.717) is 33.1 Å². The topological polar surface area (TPSA) is 55.1 Å². The van der Waals surface area contributed by atoms with Gasteiger partial charge in [0.2, 0.25) is 5.89 Å². The number of hydrogen-bond acceptors (Lipinski definition) is 3. The fourth-order valence-corrected chi connectivity index (χ4v) is 2.44. The van der Waals surface area contributed by atoms with Crippen molar-refractivity contribution in [2.24, 2.45) is 0 Å². The quantitative estimate of drug-likeness (QED) is 0.673. The fraction of sp³-hybridized carbons (Fsp3) is 0.0588. The Morgan fingerprint density at radius 3 is 2.50 bits per heavy atom. The third kappa shape index (κ3) is 3.90. The lowest BCUT2D eigenvalue weighted by Gasteiger charge is -2.03. The molecule has 7 heteroatoms. The Morgan fingerprint density at radius 2 is 1.79 bits per heavy atom. The largest absolute Gasteiger partial charge is 0.444 e. The molecule has 0 atom stereocenters. The Morgan fingerprint density at radius 1 is 1.04 bits per heavy atom. The summed E-state index contributed by atoms with van der Waals surface area (Å²) in [6, 6.07) is 12.2. The number of aromatic nitrogens is 1. The predicted molar refractivity (Wildman–Crippen MR) is 94.6 cm³/mol. The van der Waals surface area contributed by atoms with Crippen LogP contribution in [0.3, 0.4) is 0 Å². The molecule has 0 fully saturated rings. The number of rotatable bonds is 4. The van der Waals surface area contributed by atoms with Crippen LogP contribution in [-0.4, -0.2) is 10.9 Å². The Bertz CT molecular complexity index is 876. The highest BCUT2D eigenvalue weighted by molar-refractivity contribution is 6.42. The zero-order chi connectivity index (χ0) is 17.1. The van der Waals surface area contributed by atoms with Gasteiger partial charge >= 0.3 is 0 Å². The van der Waals surface area contributed by atoms with Gasteiger partial charge in [0.1, 0.15) is 6.26 Å². The molecule has 0 aliphatic carbocycles. The molecule has 3 aromatic rings. The van der Waals surface area contributed by atoms with Crippen LogP contribution >= 0.6 is 34.8 Å². The van der Waals surface area contributed by atoms with Gasteiger partial charge in [-0.25, -0.2) is 4.98 Å². The number of hydrogen-bond donors (Lipinski definition) is 1. The summed E-state index contributed by atoms with van der Waals surface area (Å²) in [4.78, 5) is 16.3. The van der Waals surface area contributed by atoms with Crippen LogP contribution in [0.5, 0.6) is 0 Å². The van der Waals surface area contributed by atoms with Crippen molar-refractivity contribution in [2.45, 2.75) is 6.54 Å². The summed E-state index contributed by atoms with van der Waals surface area (Å²) >= 11 is 17.7. The Hall–Kier alpha value is -2.01. The lowest BCUT2D eigenvalue weighted by molar-refractivity contribution is 0.0946. The molecule has 0 unspecified atom stereocenters. The number of carbonyl (C=O) groups is 1. The van der Waals surface area contributed by atoms with Gasteiger partial charge in [-0.3, -0.25) is 4.79 Å². The number of oxazole rings is 1. The van der Waals surface area contributed by atoms with Gasteiger partial charge in [-0.2, -0.15) is 0 Å². The molecule has 0 saturated heterocycles. The van der Waals surface area contributed by atoms with Crippen LogP contribution in [-0.2, 0) is 6.54 Å². The molecule has 0 aliphatic rings. The molecular formula is C17H11Cl3N2O2. The molecule has 1 aromatic heterocycles. The highest BCUT2D eigenvalue weighted by Crippen LogP contribution is 2.28. The van der Waals surface area contributed by atoms with Crippen molar-refractivity contribution < 1.29 is 9.21 Å². The van der Waals surface area contributed by atoms with E-state index in [1.165, 1.54) is 6.26 Å². The van der Waals surface area contributed by atoms with E-state index in [9.17, 15) is 4.79 Å². The maximum absolute atomic E-state index is 12.1. The van der Waals surface area contributed by atoms with Crippen LogP contribution in [0.4, 0.5) is 0 Å². The van der Waals surface area contributed by atoms with E-state index in [4.69, 9.17) is 39.2 Å². The molecule has 2 aromatic carbocycles. The van der Waals surface area contributed by atoms with Crippen molar-refractivity contribution in [3.63, 3.8) is 0 Å². The average Bonchev–Trinajstić information content (AvgIpc) is 3.07. The van der Waals surface area contributed by atoms with E-state index in [1.807, 2.05) is 12.1 Å². The summed E-state index contributed by atoms with van der Waals surface area (Å²) in [6.07, 6.45) is 1.30. The molecule has 1 N–H and O–H groups in total. The van der Waals surface area contributed by atoms with Crippen LogP contribution in [0.1, 0.15) is 16.1 Å². The fourth-order valence-electron chi connectivity index (χ4n) is 2.01. The first kappa shape index (κ1) is 16.8. The summed E-state index contributed by atoms with van der Waals surface area (Å²) in [7, 11) is 0. The first-order valence-electron chi connectivity index (χ1n) is 6.96. The van der Waals surface area contributed by atoms with Crippen molar-refractivity contribution in [3.8, 4) is 11.5 Å². The van der Waals surface area contributed by atoms with E-state index < -0.39 is 0 Å². The van der Waals surface area contributed by atoms with Crippen molar-refractivity contribution in [3.05, 3.63) is 75.1 Å². The number of halogens is 3. The van der Waals surface area contributed by atoms with Gasteiger partial charge in [0.05, 0.1) is 10.0 Å². The highest BCUT2D eigenvalue weighted by atomic mass is 35.5. The molecule has 24 heavy (non-hydrogen) atoms. The SMILES string of the molecule is O=C(NCc1ccc(Cl)cc1)c1coc(-c2ccc(Cl)c(Cl)c2)n1. The average molecular weight is 382 g/mol. The minimum atomic E-state index is -0.333. The van der Waals surface area contributed by atoms with Crippen molar-refractivity contribution >= 4 is 40.7 Å². The van der Waals surface area contributed by atoms with Crippen molar-refractivity contribution in [1.82, 2.24) is 10.3 Å². The second kappa shape index (κ2) is 7.26. The van der Waals surface area contributed by atoms with Crippen molar-refractivity contribution in [1.29, 1.82) is 0 Å². The third-order valence-electron chi connectivity index (χ3n) is 3.27. The van der Waals surface area contributed by atoms with Gasteiger partial charge in [-0.05, 0) is 35.9 Å². The van der Waals surface area contributed by atoms with Gasteiger partial charge in [0.15, 0.2) is 5.69 Å². The Labute approximate surface area is 153 Å². The molecule has 0 saturated carbocycles. The molecule has 122 valence electrons. The Kier molecular flexibility index (Phi) is 5.09. The van der Waals surface area contributed by atoms with E-state index in [1.54, 1.807) is 30.3 Å². The number of carbonyl (C=O) groups excluding carboxylic acids is 1.